The van der Waals surface area contributed by atoms with Crippen LogP contribution in [0.3, 0.4) is 0 Å². The van der Waals surface area contributed by atoms with Gasteiger partial charge in [0.1, 0.15) is 5.75 Å². The Morgan fingerprint density at radius 3 is 2.76 bits per heavy atom. The second-order valence-electron chi connectivity index (χ2n) is 4.40. The van der Waals surface area contributed by atoms with Crippen LogP contribution in [0.5, 0.6) is 5.75 Å². The number of hydrogen-bond acceptors (Lipinski definition) is 3. The van der Waals surface area contributed by atoms with Gasteiger partial charge in [-0.2, -0.15) is 0 Å². The molecular formula is C14H24N2O. The van der Waals surface area contributed by atoms with Crippen LogP contribution in [-0.4, -0.2) is 38.7 Å². The molecule has 0 fully saturated rings. The van der Waals surface area contributed by atoms with E-state index in [0.29, 0.717) is 0 Å². The van der Waals surface area contributed by atoms with Gasteiger partial charge in [0, 0.05) is 6.54 Å². The molecule has 1 aromatic rings. The summed E-state index contributed by atoms with van der Waals surface area (Å²) >= 11 is 0. The third-order valence-corrected chi connectivity index (χ3v) is 2.91. The maximum absolute atomic E-state index is 5.48. The summed E-state index contributed by atoms with van der Waals surface area (Å²) in [6, 6.07) is 8.28. The summed E-state index contributed by atoms with van der Waals surface area (Å²) in [5, 5.41) is 0. The largest absolute Gasteiger partial charge is 0.497 e. The number of rotatable bonds is 8. The molecule has 0 aromatic heterocycles. The molecule has 0 amide bonds. The quantitative estimate of drug-likeness (QED) is 0.701. The van der Waals surface area contributed by atoms with E-state index in [-0.39, 0.29) is 0 Å². The Labute approximate surface area is 105 Å². The molecule has 1 aromatic carbocycles. The minimum atomic E-state index is 0.795. The zero-order valence-electron chi connectivity index (χ0n) is 11.0. The van der Waals surface area contributed by atoms with Crippen LogP contribution in [0.4, 0.5) is 0 Å². The van der Waals surface area contributed by atoms with Crippen LogP contribution >= 0.6 is 0 Å². The number of unbranched alkanes of at least 4 members (excludes halogenated alkanes) is 1. The van der Waals surface area contributed by atoms with Gasteiger partial charge in [-0.15, -0.1) is 0 Å². The van der Waals surface area contributed by atoms with Gasteiger partial charge in [-0.05, 0) is 57.1 Å². The Morgan fingerprint density at radius 1 is 1.24 bits per heavy atom. The molecule has 2 N–H and O–H groups in total. The number of hydrogen-bond donors (Lipinski definition) is 1. The molecule has 0 aliphatic heterocycles. The van der Waals surface area contributed by atoms with E-state index in [0.717, 1.165) is 38.2 Å². The lowest BCUT2D eigenvalue weighted by Gasteiger charge is -2.16. The van der Waals surface area contributed by atoms with Crippen molar-refractivity contribution in [3.05, 3.63) is 29.8 Å². The van der Waals surface area contributed by atoms with E-state index in [1.54, 1.807) is 7.11 Å². The summed E-state index contributed by atoms with van der Waals surface area (Å²) in [6.07, 6.45) is 3.37. The normalized spacial score (nSPS) is 10.8. The van der Waals surface area contributed by atoms with Crippen molar-refractivity contribution in [1.82, 2.24) is 4.90 Å². The van der Waals surface area contributed by atoms with Crippen LogP contribution in [-0.2, 0) is 6.42 Å². The Balaban J connectivity index is 2.28. The molecule has 0 aliphatic rings. The Morgan fingerprint density at radius 2 is 2.06 bits per heavy atom. The van der Waals surface area contributed by atoms with Crippen LogP contribution < -0.4 is 10.5 Å². The highest BCUT2D eigenvalue weighted by Gasteiger charge is 2.00. The minimum absolute atomic E-state index is 0.795. The molecule has 1 rings (SSSR count). The van der Waals surface area contributed by atoms with Crippen molar-refractivity contribution < 1.29 is 4.74 Å². The molecule has 0 atom stereocenters. The monoisotopic (exact) mass is 236 g/mol. The number of benzene rings is 1. The molecule has 96 valence electrons. The topological polar surface area (TPSA) is 38.5 Å². The SMILES string of the molecule is COc1cccc(CCN(C)CCCCN)c1. The predicted molar refractivity (Wildman–Crippen MR) is 72.5 cm³/mol. The number of likely N-dealkylation sites (N-methyl/N-ethyl adjacent to an activating group) is 1. The fourth-order valence-electron chi connectivity index (χ4n) is 1.79. The summed E-state index contributed by atoms with van der Waals surface area (Å²) in [4.78, 5) is 2.36. The van der Waals surface area contributed by atoms with E-state index >= 15 is 0 Å². The lowest BCUT2D eigenvalue weighted by atomic mass is 10.1. The third-order valence-electron chi connectivity index (χ3n) is 2.91. The Kier molecular flexibility index (Phi) is 6.67. The van der Waals surface area contributed by atoms with Gasteiger partial charge < -0.3 is 15.4 Å². The second kappa shape index (κ2) is 8.09. The lowest BCUT2D eigenvalue weighted by molar-refractivity contribution is 0.330. The predicted octanol–water partition coefficient (Wildman–Crippen LogP) is 1.91. The van der Waals surface area contributed by atoms with E-state index in [2.05, 4.69) is 24.1 Å². The second-order valence-corrected chi connectivity index (χ2v) is 4.40. The highest BCUT2D eigenvalue weighted by Crippen LogP contribution is 2.13. The summed E-state index contributed by atoms with van der Waals surface area (Å²) in [5.74, 6) is 0.938. The molecule has 0 radical (unpaired) electrons. The van der Waals surface area contributed by atoms with E-state index in [1.165, 1.54) is 12.0 Å². The van der Waals surface area contributed by atoms with Crippen molar-refractivity contribution in [2.24, 2.45) is 5.73 Å². The van der Waals surface area contributed by atoms with Gasteiger partial charge in [-0.25, -0.2) is 0 Å². The summed E-state index contributed by atoms with van der Waals surface area (Å²) in [6.45, 7) is 3.00. The maximum atomic E-state index is 5.48. The van der Waals surface area contributed by atoms with Crippen molar-refractivity contribution in [3.8, 4) is 5.75 Å². The molecule has 3 nitrogen and oxygen atoms in total. The number of methoxy groups -OCH3 is 1. The molecule has 0 aliphatic carbocycles. The molecule has 0 unspecified atom stereocenters. The van der Waals surface area contributed by atoms with Gasteiger partial charge in [-0.1, -0.05) is 12.1 Å². The molecule has 0 saturated carbocycles. The van der Waals surface area contributed by atoms with Crippen molar-refractivity contribution in [1.29, 1.82) is 0 Å². The smallest absolute Gasteiger partial charge is 0.119 e. The average molecular weight is 236 g/mol. The molecule has 0 saturated heterocycles. The minimum Gasteiger partial charge on any atom is -0.497 e. The van der Waals surface area contributed by atoms with Gasteiger partial charge in [0.05, 0.1) is 7.11 Å². The molecule has 0 bridgehead atoms. The lowest BCUT2D eigenvalue weighted by Crippen LogP contribution is -2.23. The van der Waals surface area contributed by atoms with Gasteiger partial charge in [0.15, 0.2) is 0 Å². The van der Waals surface area contributed by atoms with Crippen LogP contribution in [0.15, 0.2) is 24.3 Å². The first-order valence-corrected chi connectivity index (χ1v) is 6.28. The maximum Gasteiger partial charge on any atom is 0.119 e. The first-order chi connectivity index (χ1) is 8.26. The van der Waals surface area contributed by atoms with Gasteiger partial charge >= 0.3 is 0 Å². The van der Waals surface area contributed by atoms with Gasteiger partial charge in [-0.3, -0.25) is 0 Å². The fraction of sp³-hybridized carbons (Fsp3) is 0.571. The van der Waals surface area contributed by atoms with Crippen molar-refractivity contribution in [2.75, 3.05) is 33.8 Å². The van der Waals surface area contributed by atoms with Crippen molar-refractivity contribution in [2.45, 2.75) is 19.3 Å². The molecule has 0 heterocycles. The molecule has 0 spiro atoms. The highest BCUT2D eigenvalue weighted by molar-refractivity contribution is 5.28. The van der Waals surface area contributed by atoms with E-state index < -0.39 is 0 Å². The third kappa shape index (κ3) is 5.71. The summed E-state index contributed by atoms with van der Waals surface area (Å²) in [5.41, 5.74) is 6.81. The van der Waals surface area contributed by atoms with Crippen LogP contribution in [0.2, 0.25) is 0 Å². The Bertz CT molecular complexity index is 315. The average Bonchev–Trinajstić information content (AvgIpc) is 2.37. The molecular weight excluding hydrogens is 212 g/mol. The van der Waals surface area contributed by atoms with Crippen molar-refractivity contribution in [3.63, 3.8) is 0 Å². The molecule has 3 heteroatoms. The highest BCUT2D eigenvalue weighted by atomic mass is 16.5. The fourth-order valence-corrected chi connectivity index (χ4v) is 1.79. The van der Waals surface area contributed by atoms with Crippen molar-refractivity contribution >= 4 is 0 Å². The summed E-state index contributed by atoms with van der Waals surface area (Å²) < 4.78 is 5.21. The van der Waals surface area contributed by atoms with Crippen LogP contribution in [0.25, 0.3) is 0 Å². The van der Waals surface area contributed by atoms with Crippen LogP contribution in [0.1, 0.15) is 18.4 Å². The Hall–Kier alpha value is -1.06. The van der Waals surface area contributed by atoms with E-state index in [4.69, 9.17) is 10.5 Å². The zero-order chi connectivity index (χ0) is 12.5. The van der Waals surface area contributed by atoms with Gasteiger partial charge in [0.25, 0.3) is 0 Å². The number of nitrogens with two attached hydrogens (primary N) is 1. The van der Waals surface area contributed by atoms with E-state index in [9.17, 15) is 0 Å². The first kappa shape index (κ1) is 14.0. The standard InChI is InChI=1S/C14H24N2O/c1-16(10-4-3-9-15)11-8-13-6-5-7-14(12-13)17-2/h5-7,12H,3-4,8-11,15H2,1-2H3. The number of nitrogens with zero attached hydrogens (tertiary/aromatic N) is 1. The molecule has 17 heavy (non-hydrogen) atoms. The van der Waals surface area contributed by atoms with E-state index in [1.807, 2.05) is 12.1 Å². The number of ether oxygens (including phenoxy) is 1. The summed E-state index contributed by atoms with van der Waals surface area (Å²) in [7, 11) is 3.87. The van der Waals surface area contributed by atoms with Crippen LogP contribution in [0, 0.1) is 0 Å². The zero-order valence-corrected chi connectivity index (χ0v) is 11.0. The first-order valence-electron chi connectivity index (χ1n) is 6.28. The van der Waals surface area contributed by atoms with Gasteiger partial charge in [0.2, 0.25) is 0 Å².